The minimum Gasteiger partial charge on any atom is -0.295 e. The summed E-state index contributed by atoms with van der Waals surface area (Å²) in [6.07, 6.45) is 0.229. The topological polar surface area (TPSA) is 86.8 Å². The number of rotatable bonds is 5. The molecule has 4 aromatic rings. The van der Waals surface area contributed by atoms with Gasteiger partial charge >= 0.3 is 0 Å². The van der Waals surface area contributed by atoms with Crippen molar-refractivity contribution in [3.63, 3.8) is 0 Å². The van der Waals surface area contributed by atoms with Crippen molar-refractivity contribution in [2.24, 2.45) is 0 Å². The summed E-state index contributed by atoms with van der Waals surface area (Å²) in [4.78, 5) is 54.6. The number of nitrogens with one attached hydrogen (secondary N) is 1. The fourth-order valence-electron chi connectivity index (χ4n) is 6.69. The van der Waals surface area contributed by atoms with E-state index in [1.165, 1.54) is 0 Å². The number of benzene rings is 4. The van der Waals surface area contributed by atoms with Crippen molar-refractivity contribution >= 4 is 23.6 Å². The number of amides is 4. The molecule has 7 heteroatoms. The lowest BCUT2D eigenvalue weighted by Gasteiger charge is -2.43. The van der Waals surface area contributed by atoms with Crippen LogP contribution in [0.15, 0.2) is 103 Å². The quantitative estimate of drug-likeness (QED) is 0.299. The third-order valence-electron chi connectivity index (χ3n) is 8.53. The number of carbonyl (C=O) groups is 4. The highest BCUT2D eigenvalue weighted by molar-refractivity contribution is 6.23. The third-order valence-corrected chi connectivity index (χ3v) is 8.53. The van der Waals surface area contributed by atoms with Crippen molar-refractivity contribution < 1.29 is 19.2 Å². The predicted molar refractivity (Wildman–Crippen MR) is 152 cm³/mol. The number of nitrogens with zero attached hydrogens (tertiary/aromatic N) is 2. The van der Waals surface area contributed by atoms with E-state index in [0.29, 0.717) is 24.2 Å². The molecular formula is C34H27N3O4. The summed E-state index contributed by atoms with van der Waals surface area (Å²) in [5, 5.41) is 2.26. The molecule has 0 aliphatic carbocycles. The number of piperidine rings is 1. The molecule has 1 N–H and O–H groups in total. The van der Waals surface area contributed by atoms with Crippen LogP contribution < -0.4 is 5.32 Å². The van der Waals surface area contributed by atoms with E-state index >= 15 is 0 Å². The molecule has 3 aliphatic rings. The molecule has 3 heterocycles. The van der Waals surface area contributed by atoms with E-state index in [9.17, 15) is 19.2 Å². The van der Waals surface area contributed by atoms with Gasteiger partial charge in [0, 0.05) is 19.5 Å². The van der Waals surface area contributed by atoms with Crippen LogP contribution in [-0.4, -0.2) is 39.5 Å². The Morgan fingerprint density at radius 1 is 0.634 bits per heavy atom. The summed E-state index contributed by atoms with van der Waals surface area (Å²) in [7, 11) is 0. The van der Waals surface area contributed by atoms with Crippen molar-refractivity contribution in [3.8, 4) is 0 Å². The number of hydrogen-bond acceptors (Lipinski definition) is 5. The van der Waals surface area contributed by atoms with Crippen LogP contribution in [0.1, 0.15) is 61.4 Å². The molecule has 4 amide bonds. The molecule has 1 unspecified atom stereocenters. The summed E-state index contributed by atoms with van der Waals surface area (Å²) >= 11 is 0. The molecule has 1 atom stereocenters. The zero-order valence-electron chi connectivity index (χ0n) is 22.2. The van der Waals surface area contributed by atoms with Crippen molar-refractivity contribution in [2.45, 2.75) is 37.5 Å². The monoisotopic (exact) mass is 541 g/mol. The van der Waals surface area contributed by atoms with E-state index in [1.807, 2.05) is 30.3 Å². The van der Waals surface area contributed by atoms with Gasteiger partial charge in [-0.05, 0) is 46.4 Å². The molecule has 4 aromatic carbocycles. The molecule has 7 rings (SSSR count). The molecule has 0 radical (unpaired) electrons. The van der Waals surface area contributed by atoms with Gasteiger partial charge in [0.15, 0.2) is 0 Å². The first kappa shape index (κ1) is 25.1. The van der Waals surface area contributed by atoms with E-state index in [4.69, 9.17) is 0 Å². The number of hydrogen-bond donors (Lipinski definition) is 1. The first-order valence-electron chi connectivity index (χ1n) is 13.8. The summed E-state index contributed by atoms with van der Waals surface area (Å²) < 4.78 is 0. The minimum absolute atomic E-state index is 0.0931. The fraction of sp³-hybridized carbons (Fsp3) is 0.176. The average molecular weight is 542 g/mol. The maximum absolute atomic E-state index is 13.5. The van der Waals surface area contributed by atoms with E-state index in [2.05, 4.69) is 83.0 Å². The van der Waals surface area contributed by atoms with E-state index < -0.39 is 29.3 Å². The van der Waals surface area contributed by atoms with Crippen LogP contribution in [0.5, 0.6) is 0 Å². The van der Waals surface area contributed by atoms with Crippen molar-refractivity contribution in [3.05, 3.63) is 142 Å². The zero-order valence-corrected chi connectivity index (χ0v) is 22.2. The lowest BCUT2D eigenvalue weighted by Crippen LogP contribution is -2.54. The Labute approximate surface area is 237 Å². The molecule has 0 aromatic heterocycles. The van der Waals surface area contributed by atoms with Gasteiger partial charge in [-0.25, -0.2) is 0 Å². The Bertz CT molecular complexity index is 1560. The summed E-state index contributed by atoms with van der Waals surface area (Å²) in [5.41, 5.74) is 5.30. The summed E-state index contributed by atoms with van der Waals surface area (Å²) in [6, 6.07) is 33.9. The second-order valence-electron chi connectivity index (χ2n) is 10.8. The highest BCUT2D eigenvalue weighted by atomic mass is 16.2. The molecule has 1 saturated heterocycles. The second-order valence-corrected chi connectivity index (χ2v) is 10.8. The van der Waals surface area contributed by atoms with Crippen LogP contribution in [0.3, 0.4) is 0 Å². The van der Waals surface area contributed by atoms with Gasteiger partial charge in [-0.15, -0.1) is 0 Å². The molecule has 41 heavy (non-hydrogen) atoms. The van der Waals surface area contributed by atoms with Gasteiger partial charge in [-0.1, -0.05) is 91.0 Å². The Hall–Kier alpha value is -4.88. The Morgan fingerprint density at radius 3 is 1.49 bits per heavy atom. The van der Waals surface area contributed by atoms with Crippen molar-refractivity contribution in [2.75, 3.05) is 0 Å². The van der Waals surface area contributed by atoms with Crippen LogP contribution in [-0.2, 0) is 28.2 Å². The first-order valence-corrected chi connectivity index (χ1v) is 13.8. The van der Waals surface area contributed by atoms with Crippen LogP contribution in [0.2, 0.25) is 0 Å². The molecule has 1 fully saturated rings. The van der Waals surface area contributed by atoms with Crippen LogP contribution in [0, 0.1) is 0 Å². The van der Waals surface area contributed by atoms with Gasteiger partial charge in [0.2, 0.25) is 11.8 Å². The smallest absolute Gasteiger partial charge is 0.262 e. The zero-order chi connectivity index (χ0) is 28.1. The third kappa shape index (κ3) is 3.84. The highest BCUT2D eigenvalue weighted by Gasteiger charge is 2.48. The maximum Gasteiger partial charge on any atom is 0.262 e. The highest BCUT2D eigenvalue weighted by Crippen LogP contribution is 2.47. The van der Waals surface area contributed by atoms with Gasteiger partial charge in [0.1, 0.15) is 6.04 Å². The lowest BCUT2D eigenvalue weighted by atomic mass is 9.75. The molecule has 7 nitrogen and oxygen atoms in total. The van der Waals surface area contributed by atoms with Crippen molar-refractivity contribution in [1.29, 1.82) is 0 Å². The largest absolute Gasteiger partial charge is 0.295 e. The average Bonchev–Trinajstić information content (AvgIpc) is 3.52. The summed E-state index contributed by atoms with van der Waals surface area (Å²) in [5.74, 6) is -1.96. The number of fused-ring (bicyclic) bond motifs is 2. The van der Waals surface area contributed by atoms with E-state index in [-0.39, 0.29) is 18.7 Å². The van der Waals surface area contributed by atoms with Crippen LogP contribution in [0.25, 0.3) is 0 Å². The van der Waals surface area contributed by atoms with Crippen LogP contribution in [0.4, 0.5) is 0 Å². The Balaban J connectivity index is 1.31. The van der Waals surface area contributed by atoms with E-state index in [1.54, 1.807) is 0 Å². The Kier molecular flexibility index (Phi) is 5.91. The molecule has 3 aliphatic heterocycles. The van der Waals surface area contributed by atoms with Gasteiger partial charge in [0.25, 0.3) is 11.8 Å². The number of imide groups is 2. The first-order chi connectivity index (χ1) is 20.0. The second kappa shape index (κ2) is 9.64. The van der Waals surface area contributed by atoms with Gasteiger partial charge < -0.3 is 0 Å². The molecule has 0 bridgehead atoms. The number of carbonyl (C=O) groups excluding carboxylic acids is 4. The van der Waals surface area contributed by atoms with Gasteiger partial charge in [-0.3, -0.25) is 34.3 Å². The molecule has 0 spiro atoms. The molecular weight excluding hydrogens is 514 g/mol. The standard InChI is InChI=1S/C34H27N3O4/c38-30-17-16-29(31(39)35-30)37-32(40)27-18-22-20-36(21-23(22)19-28(27)33(37)41)34(24-10-4-1-5-11-24,25-12-6-2-7-13-25)26-14-8-3-9-15-26/h1-15,18-19,29H,16-17,20-21H2,(H,35,38,39). The SMILES string of the molecule is O=C1CCC(N2C(=O)c3cc4c(cc3C2=O)CN(C(c2ccccc2)(c2ccccc2)c2ccccc2)C4)C(=O)N1. The maximum atomic E-state index is 13.5. The van der Waals surface area contributed by atoms with Crippen molar-refractivity contribution in [1.82, 2.24) is 15.1 Å². The minimum atomic E-state index is -0.978. The normalized spacial score (nSPS) is 18.8. The molecule has 0 saturated carbocycles. The molecule has 202 valence electrons. The van der Waals surface area contributed by atoms with Gasteiger partial charge in [-0.2, -0.15) is 0 Å². The van der Waals surface area contributed by atoms with E-state index in [0.717, 1.165) is 32.7 Å². The van der Waals surface area contributed by atoms with Crippen LogP contribution >= 0.6 is 0 Å². The lowest BCUT2D eigenvalue weighted by molar-refractivity contribution is -0.136. The fourth-order valence-corrected chi connectivity index (χ4v) is 6.69. The Morgan fingerprint density at radius 2 is 1.07 bits per heavy atom. The van der Waals surface area contributed by atoms with Gasteiger partial charge in [0.05, 0.1) is 16.7 Å². The predicted octanol–water partition coefficient (Wildman–Crippen LogP) is 4.40. The summed E-state index contributed by atoms with van der Waals surface area (Å²) in [6.45, 7) is 1.11.